The van der Waals surface area contributed by atoms with Crippen molar-refractivity contribution in [1.82, 2.24) is 0 Å². The van der Waals surface area contributed by atoms with Crippen molar-refractivity contribution in [2.24, 2.45) is 5.73 Å². The lowest BCUT2D eigenvalue weighted by molar-refractivity contribution is -0.137. The van der Waals surface area contributed by atoms with E-state index in [0.29, 0.717) is 16.9 Å². The number of nitrogens with two attached hydrogens (primary N) is 1. The molecule has 1 unspecified atom stereocenters. The number of hydrogen-bond acceptors (Lipinski definition) is 4. The quantitative estimate of drug-likeness (QED) is 0.381. The van der Waals surface area contributed by atoms with E-state index in [1.165, 1.54) is 11.8 Å². The molecule has 0 heterocycles. The van der Waals surface area contributed by atoms with Gasteiger partial charge in [0, 0.05) is 27.1 Å². The molecule has 5 N–H and O–H groups in total. The van der Waals surface area contributed by atoms with Crippen LogP contribution in [0.4, 0.5) is 16.2 Å². The molecule has 158 valence electrons. The summed E-state index contributed by atoms with van der Waals surface area (Å²) in [5, 5.41) is 14.3. The normalized spacial score (nSPS) is 11.4. The van der Waals surface area contributed by atoms with E-state index in [9.17, 15) is 19.5 Å². The fraction of sp³-hybridized carbons (Fsp3) is 0.0870. The number of carboxylic acids is 1. The van der Waals surface area contributed by atoms with E-state index in [4.69, 9.17) is 5.73 Å². The Bertz CT molecular complexity index is 1070. The van der Waals surface area contributed by atoms with Crippen molar-refractivity contribution in [2.45, 2.75) is 16.6 Å². The van der Waals surface area contributed by atoms with E-state index < -0.39 is 12.0 Å². The number of aliphatic carboxylic acids is 1. The Labute approximate surface area is 183 Å². The van der Waals surface area contributed by atoms with Gasteiger partial charge in [-0.25, -0.2) is 4.79 Å². The van der Waals surface area contributed by atoms with Crippen LogP contribution in [0.25, 0.3) is 0 Å². The van der Waals surface area contributed by atoms with Gasteiger partial charge in [0.2, 0.25) is 0 Å². The zero-order chi connectivity index (χ0) is 22.2. The molecule has 0 aliphatic carbocycles. The van der Waals surface area contributed by atoms with Crippen LogP contribution in [0.2, 0.25) is 0 Å². The van der Waals surface area contributed by atoms with E-state index in [1.54, 1.807) is 36.4 Å². The van der Waals surface area contributed by atoms with Crippen LogP contribution in [-0.4, -0.2) is 23.0 Å². The molecular formula is C23H21N3O4S. The maximum absolute atomic E-state index is 12.5. The summed E-state index contributed by atoms with van der Waals surface area (Å²) in [6.45, 7) is 0. The Hall–Kier alpha value is -3.78. The molecule has 0 saturated heterocycles. The molecule has 31 heavy (non-hydrogen) atoms. The highest BCUT2D eigenvalue weighted by atomic mass is 32.2. The number of rotatable bonds is 8. The van der Waals surface area contributed by atoms with Gasteiger partial charge in [-0.15, -0.1) is 11.8 Å². The maximum Gasteiger partial charge on any atom is 0.316 e. The monoisotopic (exact) mass is 435 g/mol. The van der Waals surface area contributed by atoms with Gasteiger partial charge >= 0.3 is 12.0 Å². The zero-order valence-corrected chi connectivity index (χ0v) is 17.3. The van der Waals surface area contributed by atoms with Crippen LogP contribution in [0.5, 0.6) is 0 Å². The number of primary amides is 1. The summed E-state index contributed by atoms with van der Waals surface area (Å²) in [7, 11) is 0. The number of hydrogen-bond donors (Lipinski definition) is 4. The van der Waals surface area contributed by atoms with Crippen LogP contribution >= 0.6 is 11.8 Å². The van der Waals surface area contributed by atoms with Crippen molar-refractivity contribution in [2.75, 3.05) is 10.6 Å². The second-order valence-electron chi connectivity index (χ2n) is 6.66. The van der Waals surface area contributed by atoms with Crippen molar-refractivity contribution in [1.29, 1.82) is 0 Å². The molecule has 0 saturated carbocycles. The summed E-state index contributed by atoms with van der Waals surface area (Å²) in [6.07, 6.45) is -0.0169. The Morgan fingerprint density at radius 3 is 2.23 bits per heavy atom. The number of benzene rings is 3. The van der Waals surface area contributed by atoms with Crippen molar-refractivity contribution < 1.29 is 19.5 Å². The zero-order valence-electron chi connectivity index (χ0n) is 16.4. The van der Waals surface area contributed by atoms with Gasteiger partial charge in [0.25, 0.3) is 5.91 Å². The number of urea groups is 1. The van der Waals surface area contributed by atoms with Gasteiger partial charge in [-0.3, -0.25) is 9.59 Å². The van der Waals surface area contributed by atoms with Crippen LogP contribution in [0.3, 0.4) is 0 Å². The SMILES string of the molecule is NC(=O)Nc1ccc(C(=O)Nc2cccc(SC(CC(=O)O)c3ccccc3)c2)cc1. The molecule has 3 aromatic rings. The van der Waals surface area contributed by atoms with Crippen molar-refractivity contribution in [3.8, 4) is 0 Å². The molecule has 0 bridgehead atoms. The summed E-state index contributed by atoms with van der Waals surface area (Å²) < 4.78 is 0. The number of carbonyl (C=O) groups is 3. The van der Waals surface area contributed by atoms with Gasteiger partial charge in [-0.1, -0.05) is 36.4 Å². The molecule has 7 nitrogen and oxygen atoms in total. The topological polar surface area (TPSA) is 122 Å². The molecule has 0 spiro atoms. The number of amides is 3. The van der Waals surface area contributed by atoms with Crippen molar-refractivity contribution >= 4 is 41.0 Å². The average molecular weight is 436 g/mol. The summed E-state index contributed by atoms with van der Waals surface area (Å²) in [5.74, 6) is -1.18. The highest BCUT2D eigenvalue weighted by Crippen LogP contribution is 2.38. The van der Waals surface area contributed by atoms with Crippen molar-refractivity contribution in [3.05, 3.63) is 90.0 Å². The second kappa shape index (κ2) is 10.3. The second-order valence-corrected chi connectivity index (χ2v) is 7.94. The fourth-order valence-corrected chi connectivity index (χ4v) is 4.12. The van der Waals surface area contributed by atoms with E-state index in [-0.39, 0.29) is 17.6 Å². The molecular weight excluding hydrogens is 414 g/mol. The lowest BCUT2D eigenvalue weighted by Gasteiger charge is -2.16. The molecule has 8 heteroatoms. The fourth-order valence-electron chi connectivity index (χ4n) is 2.92. The first kappa shape index (κ1) is 21.9. The molecule has 3 aromatic carbocycles. The number of anilines is 2. The number of thioether (sulfide) groups is 1. The van der Waals surface area contributed by atoms with Crippen LogP contribution in [0, 0.1) is 0 Å². The molecule has 0 radical (unpaired) electrons. The van der Waals surface area contributed by atoms with Crippen LogP contribution in [-0.2, 0) is 4.79 Å². The van der Waals surface area contributed by atoms with E-state index in [2.05, 4.69) is 10.6 Å². The summed E-state index contributed by atoms with van der Waals surface area (Å²) in [5.41, 5.74) is 7.50. The van der Waals surface area contributed by atoms with Gasteiger partial charge in [-0.05, 0) is 48.0 Å². The summed E-state index contributed by atoms with van der Waals surface area (Å²) >= 11 is 1.43. The minimum absolute atomic E-state index is 0.0169. The Morgan fingerprint density at radius 1 is 0.871 bits per heavy atom. The highest BCUT2D eigenvalue weighted by molar-refractivity contribution is 7.99. The van der Waals surface area contributed by atoms with E-state index in [0.717, 1.165) is 10.5 Å². The third-order valence-corrected chi connectivity index (χ3v) is 5.57. The Morgan fingerprint density at radius 2 is 1.58 bits per heavy atom. The molecule has 3 amide bonds. The van der Waals surface area contributed by atoms with Crippen LogP contribution in [0.1, 0.15) is 27.6 Å². The third-order valence-electron chi connectivity index (χ3n) is 4.32. The molecule has 0 aliphatic rings. The maximum atomic E-state index is 12.5. The molecule has 0 fully saturated rings. The lowest BCUT2D eigenvalue weighted by atomic mass is 10.1. The van der Waals surface area contributed by atoms with E-state index >= 15 is 0 Å². The van der Waals surface area contributed by atoms with Crippen molar-refractivity contribution in [3.63, 3.8) is 0 Å². The minimum atomic E-state index is -0.875. The van der Waals surface area contributed by atoms with Crippen LogP contribution < -0.4 is 16.4 Å². The van der Waals surface area contributed by atoms with Gasteiger partial charge in [-0.2, -0.15) is 0 Å². The van der Waals surface area contributed by atoms with Gasteiger partial charge in [0.15, 0.2) is 0 Å². The average Bonchev–Trinajstić information content (AvgIpc) is 2.74. The first-order valence-electron chi connectivity index (χ1n) is 9.42. The van der Waals surface area contributed by atoms with E-state index in [1.807, 2.05) is 42.5 Å². The molecule has 1 atom stereocenters. The molecule has 3 rings (SSSR count). The predicted molar refractivity (Wildman–Crippen MR) is 121 cm³/mol. The van der Waals surface area contributed by atoms with Gasteiger partial charge in [0.1, 0.15) is 0 Å². The first-order valence-corrected chi connectivity index (χ1v) is 10.3. The minimum Gasteiger partial charge on any atom is -0.481 e. The largest absolute Gasteiger partial charge is 0.481 e. The predicted octanol–water partition coefficient (Wildman–Crippen LogP) is 4.74. The number of nitrogens with one attached hydrogen (secondary N) is 2. The summed E-state index contributed by atoms with van der Waals surface area (Å²) in [6, 6.07) is 22.4. The Kier molecular flexibility index (Phi) is 7.29. The standard InChI is InChI=1S/C23H21N3O4S/c24-23(30)26-17-11-9-16(10-12-17)22(29)25-18-7-4-8-19(13-18)31-20(14-21(27)28)15-5-2-1-3-6-15/h1-13,20H,14H2,(H,25,29)(H,27,28)(H3,24,26,30). The third kappa shape index (κ3) is 6.61. The lowest BCUT2D eigenvalue weighted by Crippen LogP contribution is -2.19. The highest BCUT2D eigenvalue weighted by Gasteiger charge is 2.17. The number of carboxylic acid groups (broad SMARTS) is 1. The van der Waals surface area contributed by atoms with Crippen LogP contribution in [0.15, 0.2) is 83.8 Å². The van der Waals surface area contributed by atoms with Gasteiger partial charge < -0.3 is 21.5 Å². The number of carbonyl (C=O) groups excluding carboxylic acids is 2. The van der Waals surface area contributed by atoms with Gasteiger partial charge in [0.05, 0.1) is 6.42 Å². The smallest absolute Gasteiger partial charge is 0.316 e. The first-order chi connectivity index (χ1) is 14.9. The Balaban J connectivity index is 1.71. The molecule has 0 aromatic heterocycles. The summed E-state index contributed by atoms with van der Waals surface area (Å²) in [4.78, 5) is 35.6. The molecule has 0 aliphatic heterocycles.